The second kappa shape index (κ2) is 10.1. The largest absolute Gasteiger partial charge is 0.480 e. The van der Waals surface area contributed by atoms with Crippen molar-refractivity contribution >= 4 is 11.9 Å². The molecule has 2 rings (SSSR count). The van der Waals surface area contributed by atoms with Crippen LogP contribution in [0.5, 0.6) is 0 Å². The summed E-state index contributed by atoms with van der Waals surface area (Å²) in [6.45, 7) is 10.2. The number of hydrogen-bond donors (Lipinski definition) is 1. The van der Waals surface area contributed by atoms with Gasteiger partial charge in [0.1, 0.15) is 6.61 Å². The first-order chi connectivity index (χ1) is 12.0. The molecule has 0 aromatic rings. The van der Waals surface area contributed by atoms with Crippen molar-refractivity contribution in [2.24, 2.45) is 0 Å². The standard InChI is InChI=1S/C18H33N3O4/c1-3-20(4-2)15-5-9-19(10-6-15)13-17(22)21-11-7-16(8-12-21)25-14-18(23)24/h15-16H,3-14H2,1-2H3,(H,23,24). The molecule has 0 aromatic carbocycles. The molecule has 0 radical (unpaired) electrons. The van der Waals surface area contributed by atoms with Crippen molar-refractivity contribution in [1.82, 2.24) is 14.7 Å². The van der Waals surface area contributed by atoms with Crippen molar-refractivity contribution in [2.45, 2.75) is 51.7 Å². The summed E-state index contributed by atoms with van der Waals surface area (Å²) in [6, 6.07) is 0.656. The third kappa shape index (κ3) is 6.24. The van der Waals surface area contributed by atoms with E-state index in [1.807, 2.05) is 4.90 Å². The van der Waals surface area contributed by atoms with Crippen LogP contribution in [0.3, 0.4) is 0 Å². The molecule has 0 aromatic heterocycles. The van der Waals surface area contributed by atoms with Crippen LogP contribution in [-0.2, 0) is 14.3 Å². The Morgan fingerprint density at radius 1 is 1.04 bits per heavy atom. The van der Waals surface area contributed by atoms with E-state index in [1.165, 1.54) is 0 Å². The SMILES string of the molecule is CCN(CC)C1CCN(CC(=O)N2CCC(OCC(=O)O)CC2)CC1. The summed E-state index contributed by atoms with van der Waals surface area (Å²) in [6.07, 6.45) is 3.69. The van der Waals surface area contributed by atoms with Crippen molar-refractivity contribution in [3.63, 3.8) is 0 Å². The quantitative estimate of drug-likeness (QED) is 0.697. The Balaban J connectivity index is 1.67. The second-order valence-electron chi connectivity index (χ2n) is 7.01. The van der Waals surface area contributed by atoms with Gasteiger partial charge in [-0.3, -0.25) is 9.69 Å². The van der Waals surface area contributed by atoms with Gasteiger partial charge in [0.15, 0.2) is 0 Å². The number of carbonyl (C=O) groups excluding carboxylic acids is 1. The lowest BCUT2D eigenvalue weighted by Crippen LogP contribution is -2.49. The Labute approximate surface area is 150 Å². The first-order valence-electron chi connectivity index (χ1n) is 9.61. The number of nitrogens with zero attached hydrogens (tertiary/aromatic N) is 3. The Morgan fingerprint density at radius 3 is 2.16 bits per heavy atom. The molecular formula is C18H33N3O4. The smallest absolute Gasteiger partial charge is 0.329 e. The fourth-order valence-electron chi connectivity index (χ4n) is 3.93. The molecule has 144 valence electrons. The Hall–Kier alpha value is -1.18. The lowest BCUT2D eigenvalue weighted by Gasteiger charge is -2.38. The minimum atomic E-state index is -0.938. The average molecular weight is 355 g/mol. The molecule has 1 N–H and O–H groups in total. The zero-order valence-electron chi connectivity index (χ0n) is 15.7. The van der Waals surface area contributed by atoms with Gasteiger partial charge in [-0.05, 0) is 38.8 Å². The first-order valence-corrected chi connectivity index (χ1v) is 9.61. The molecule has 0 saturated carbocycles. The molecular weight excluding hydrogens is 322 g/mol. The van der Waals surface area contributed by atoms with Gasteiger partial charge < -0.3 is 19.6 Å². The zero-order chi connectivity index (χ0) is 18.2. The van der Waals surface area contributed by atoms with Crippen LogP contribution >= 0.6 is 0 Å². The van der Waals surface area contributed by atoms with Crippen molar-refractivity contribution in [3.05, 3.63) is 0 Å². The third-order valence-corrected chi connectivity index (χ3v) is 5.48. The zero-order valence-corrected chi connectivity index (χ0v) is 15.7. The van der Waals surface area contributed by atoms with E-state index in [9.17, 15) is 9.59 Å². The molecule has 7 nitrogen and oxygen atoms in total. The molecule has 2 fully saturated rings. The van der Waals surface area contributed by atoms with E-state index >= 15 is 0 Å². The molecule has 2 aliphatic rings. The van der Waals surface area contributed by atoms with Gasteiger partial charge >= 0.3 is 5.97 Å². The number of likely N-dealkylation sites (tertiary alicyclic amines) is 2. The molecule has 0 atom stereocenters. The predicted molar refractivity (Wildman–Crippen MR) is 95.6 cm³/mol. The second-order valence-corrected chi connectivity index (χ2v) is 7.01. The van der Waals surface area contributed by atoms with Crippen LogP contribution in [0.25, 0.3) is 0 Å². The maximum absolute atomic E-state index is 12.5. The lowest BCUT2D eigenvalue weighted by atomic mass is 10.0. The molecule has 1 amide bonds. The van der Waals surface area contributed by atoms with Gasteiger partial charge in [0.05, 0.1) is 12.6 Å². The highest BCUT2D eigenvalue weighted by Gasteiger charge is 2.27. The highest BCUT2D eigenvalue weighted by molar-refractivity contribution is 5.78. The van der Waals surface area contributed by atoms with Gasteiger partial charge in [-0.15, -0.1) is 0 Å². The number of piperidine rings is 2. The van der Waals surface area contributed by atoms with Gasteiger partial charge in [-0.1, -0.05) is 13.8 Å². The Bertz CT molecular complexity index is 426. The summed E-state index contributed by atoms with van der Waals surface area (Å²) in [5.41, 5.74) is 0. The third-order valence-electron chi connectivity index (χ3n) is 5.48. The Morgan fingerprint density at radius 2 is 1.64 bits per heavy atom. The highest BCUT2D eigenvalue weighted by Crippen LogP contribution is 2.18. The van der Waals surface area contributed by atoms with Crippen molar-refractivity contribution in [2.75, 3.05) is 52.4 Å². The monoisotopic (exact) mass is 355 g/mol. The molecule has 0 aliphatic carbocycles. The van der Waals surface area contributed by atoms with E-state index in [1.54, 1.807) is 0 Å². The minimum Gasteiger partial charge on any atom is -0.480 e. The number of carbonyl (C=O) groups is 2. The van der Waals surface area contributed by atoms with E-state index in [2.05, 4.69) is 23.6 Å². The van der Waals surface area contributed by atoms with E-state index in [4.69, 9.17) is 9.84 Å². The van der Waals surface area contributed by atoms with Crippen molar-refractivity contribution in [1.29, 1.82) is 0 Å². The van der Waals surface area contributed by atoms with Gasteiger partial charge in [0, 0.05) is 32.2 Å². The summed E-state index contributed by atoms with van der Waals surface area (Å²) in [5, 5.41) is 8.65. The van der Waals surface area contributed by atoms with Gasteiger partial charge in [-0.25, -0.2) is 4.79 Å². The molecule has 2 saturated heterocycles. The normalized spacial score (nSPS) is 21.0. The first kappa shape index (κ1) is 20.1. The fourth-order valence-corrected chi connectivity index (χ4v) is 3.93. The highest BCUT2D eigenvalue weighted by atomic mass is 16.5. The van der Waals surface area contributed by atoms with Gasteiger partial charge in [0.2, 0.25) is 5.91 Å². The van der Waals surface area contributed by atoms with E-state index in [-0.39, 0.29) is 18.6 Å². The number of carboxylic acids is 1. The van der Waals surface area contributed by atoms with Crippen molar-refractivity contribution < 1.29 is 19.4 Å². The molecule has 2 aliphatic heterocycles. The molecule has 25 heavy (non-hydrogen) atoms. The number of aliphatic carboxylic acids is 1. The van der Waals surface area contributed by atoms with E-state index in [0.29, 0.717) is 25.7 Å². The molecule has 0 unspecified atom stereocenters. The topological polar surface area (TPSA) is 73.3 Å². The molecule has 0 bridgehead atoms. The fraction of sp³-hybridized carbons (Fsp3) is 0.889. The Kier molecular flexibility index (Phi) is 8.12. The number of rotatable bonds is 8. The van der Waals surface area contributed by atoms with Crippen molar-refractivity contribution in [3.8, 4) is 0 Å². The minimum absolute atomic E-state index is 0.0371. The summed E-state index contributed by atoms with van der Waals surface area (Å²) in [5.74, 6) is -0.746. The van der Waals surface area contributed by atoms with Gasteiger partial charge in [0.25, 0.3) is 0 Å². The van der Waals surface area contributed by atoms with Crippen LogP contribution in [0.2, 0.25) is 0 Å². The summed E-state index contributed by atoms with van der Waals surface area (Å²) in [7, 11) is 0. The summed E-state index contributed by atoms with van der Waals surface area (Å²) < 4.78 is 5.33. The average Bonchev–Trinajstić information content (AvgIpc) is 2.62. The van der Waals surface area contributed by atoms with Crippen LogP contribution in [0.15, 0.2) is 0 Å². The van der Waals surface area contributed by atoms with Crippen LogP contribution < -0.4 is 0 Å². The molecule has 7 heteroatoms. The van der Waals surface area contributed by atoms with Crippen LogP contribution in [0.4, 0.5) is 0 Å². The van der Waals surface area contributed by atoms with Crippen LogP contribution in [-0.4, -0.2) is 96.2 Å². The molecule has 2 heterocycles. The number of amides is 1. The molecule has 0 spiro atoms. The number of carboxylic acid groups (broad SMARTS) is 1. The lowest BCUT2D eigenvalue weighted by molar-refractivity contribution is -0.147. The van der Waals surface area contributed by atoms with E-state index < -0.39 is 5.97 Å². The summed E-state index contributed by atoms with van der Waals surface area (Å²) >= 11 is 0. The van der Waals surface area contributed by atoms with Crippen LogP contribution in [0.1, 0.15) is 39.5 Å². The van der Waals surface area contributed by atoms with Gasteiger partial charge in [-0.2, -0.15) is 0 Å². The van der Waals surface area contributed by atoms with Crippen LogP contribution in [0, 0.1) is 0 Å². The van der Waals surface area contributed by atoms with E-state index in [0.717, 1.165) is 51.9 Å². The maximum Gasteiger partial charge on any atom is 0.329 e. The maximum atomic E-state index is 12.5. The predicted octanol–water partition coefficient (Wildman–Crippen LogP) is 0.885. The number of ether oxygens (including phenoxy) is 1. The summed E-state index contributed by atoms with van der Waals surface area (Å²) in [4.78, 5) is 29.7. The number of hydrogen-bond acceptors (Lipinski definition) is 5.